The van der Waals surface area contributed by atoms with Gasteiger partial charge in [-0.15, -0.1) is 11.3 Å². The van der Waals surface area contributed by atoms with Gasteiger partial charge in [-0.2, -0.15) is 0 Å². The normalized spacial score (nSPS) is 18.3. The summed E-state index contributed by atoms with van der Waals surface area (Å²) in [5, 5.41) is 6.07. The maximum absolute atomic E-state index is 15.0. The highest BCUT2D eigenvalue weighted by atomic mass is 35.5. The number of methoxy groups -OCH3 is 1. The summed E-state index contributed by atoms with van der Waals surface area (Å²) in [4.78, 5) is 37.5. The van der Waals surface area contributed by atoms with Gasteiger partial charge < -0.3 is 24.7 Å². The Morgan fingerprint density at radius 1 is 1.36 bits per heavy atom. The topological polar surface area (TPSA) is 109 Å². The number of halogens is 3. The van der Waals surface area contributed by atoms with Crippen molar-refractivity contribution in [3.63, 3.8) is 0 Å². The molecule has 2 atom stereocenters. The lowest BCUT2D eigenvalue weighted by Crippen LogP contribution is -2.52. The molecule has 176 valence electrons. The Morgan fingerprint density at radius 3 is 2.76 bits per heavy atom. The van der Waals surface area contributed by atoms with Crippen molar-refractivity contribution in [3.05, 3.63) is 33.0 Å². The lowest BCUT2D eigenvalue weighted by molar-refractivity contribution is 0.0894. The Bertz CT molecular complexity index is 1170. The molecule has 2 N–H and O–H groups in total. The van der Waals surface area contributed by atoms with Crippen LogP contribution < -0.4 is 15.0 Å². The average molecular weight is 534 g/mol. The van der Waals surface area contributed by atoms with Gasteiger partial charge in [0.1, 0.15) is 16.9 Å². The molecule has 0 bridgehead atoms. The van der Waals surface area contributed by atoms with Crippen LogP contribution in [0, 0.1) is 6.92 Å². The quantitative estimate of drug-likeness (QED) is 0.457. The average Bonchev–Trinajstić information content (AvgIpc) is 3.52. The highest BCUT2D eigenvalue weighted by Gasteiger charge is 2.34. The largest absolute Gasteiger partial charge is 0.514 e. The minimum atomic E-state index is -1.37. The number of piperidine rings is 1. The molecule has 3 aromatic heterocycles. The molecule has 9 nitrogen and oxygen atoms in total. The number of nitrogens with zero attached hydrogens (tertiary/aromatic N) is 3. The van der Waals surface area contributed by atoms with Crippen LogP contribution in [0.25, 0.3) is 10.7 Å². The molecule has 0 unspecified atom stereocenters. The van der Waals surface area contributed by atoms with E-state index < -0.39 is 24.3 Å². The fraction of sp³-hybridized carbons (Fsp3) is 0.368. The van der Waals surface area contributed by atoms with Crippen LogP contribution in [0.15, 0.2) is 11.6 Å². The summed E-state index contributed by atoms with van der Waals surface area (Å²) in [6.45, 7) is 2.10. The van der Waals surface area contributed by atoms with E-state index in [4.69, 9.17) is 27.9 Å². The fourth-order valence-corrected chi connectivity index (χ4v) is 5.35. The first-order valence-corrected chi connectivity index (χ1v) is 12.1. The number of thiazole rings is 2. The van der Waals surface area contributed by atoms with Crippen LogP contribution in [0.5, 0.6) is 5.06 Å². The third kappa shape index (κ3) is 4.93. The van der Waals surface area contributed by atoms with Crippen molar-refractivity contribution in [2.24, 2.45) is 0 Å². The number of alkyl halides is 1. The van der Waals surface area contributed by atoms with Gasteiger partial charge >= 0.3 is 6.16 Å². The fourth-order valence-electron chi connectivity index (χ4n) is 3.30. The van der Waals surface area contributed by atoms with E-state index in [1.165, 1.54) is 18.4 Å². The summed E-state index contributed by atoms with van der Waals surface area (Å²) in [5.41, 5.74) is 1.05. The molecule has 33 heavy (non-hydrogen) atoms. The molecule has 1 aliphatic heterocycles. The molecule has 4 heterocycles. The monoisotopic (exact) mass is 533 g/mol. The summed E-state index contributed by atoms with van der Waals surface area (Å²) in [6, 6.07) is -0.712. The minimum Gasteiger partial charge on any atom is -0.437 e. The first kappa shape index (κ1) is 23.7. The number of aromatic nitrogens is 3. The van der Waals surface area contributed by atoms with Crippen LogP contribution in [0.3, 0.4) is 0 Å². The lowest BCUT2D eigenvalue weighted by atomic mass is 10.0. The number of nitrogens with one attached hydrogen (secondary N) is 2. The smallest absolute Gasteiger partial charge is 0.437 e. The van der Waals surface area contributed by atoms with Crippen LogP contribution in [0.4, 0.5) is 14.3 Å². The number of ether oxygens (including phenoxy) is 2. The van der Waals surface area contributed by atoms with Gasteiger partial charge in [0.2, 0.25) is 5.06 Å². The standard InChI is InChI=1S/C19H18Cl2FN5O4S2/c1-8-11(20)12(21)13(24-8)15(28)25-10-3-5-27(7-9(10)22)18-26-14(16-23-4-6-32-16)17(33-18)31-19(29)30-2/h4,6,9-10,24H,3,5,7H2,1-2H3,(H,25,28)/t9-,10+/m0/s1. The predicted molar refractivity (Wildman–Crippen MR) is 125 cm³/mol. The Hall–Kier alpha value is -2.41. The number of H-pyrrole nitrogens is 1. The summed E-state index contributed by atoms with van der Waals surface area (Å²) < 4.78 is 24.8. The van der Waals surface area contributed by atoms with E-state index in [2.05, 4.69) is 25.0 Å². The minimum absolute atomic E-state index is 0.00826. The van der Waals surface area contributed by atoms with Gasteiger partial charge in [0.15, 0.2) is 10.8 Å². The molecule has 1 fully saturated rings. The lowest BCUT2D eigenvalue weighted by Gasteiger charge is -2.34. The summed E-state index contributed by atoms with van der Waals surface area (Å²) in [6.07, 6.45) is -0.314. The van der Waals surface area contributed by atoms with Crippen molar-refractivity contribution < 1.29 is 23.5 Å². The molecule has 0 saturated carbocycles. The van der Waals surface area contributed by atoms with Crippen LogP contribution in [0.2, 0.25) is 10.0 Å². The van der Waals surface area contributed by atoms with Crippen molar-refractivity contribution in [2.45, 2.75) is 25.6 Å². The summed E-state index contributed by atoms with van der Waals surface area (Å²) in [5.74, 6) is -0.523. The van der Waals surface area contributed by atoms with Gasteiger partial charge in [0.05, 0.1) is 29.7 Å². The molecule has 0 aliphatic carbocycles. The molecule has 0 radical (unpaired) electrons. The Kier molecular flexibility index (Phi) is 7.07. The van der Waals surface area contributed by atoms with Gasteiger partial charge in [-0.1, -0.05) is 34.5 Å². The molecule has 3 aromatic rings. The molecule has 0 aromatic carbocycles. The second kappa shape index (κ2) is 9.84. The Balaban J connectivity index is 1.47. The van der Waals surface area contributed by atoms with Crippen molar-refractivity contribution >= 4 is 63.1 Å². The Morgan fingerprint density at radius 2 is 2.15 bits per heavy atom. The van der Waals surface area contributed by atoms with E-state index in [0.717, 1.165) is 11.3 Å². The number of carbonyl (C=O) groups is 2. The molecule has 1 saturated heterocycles. The number of hydrogen-bond donors (Lipinski definition) is 2. The number of rotatable bonds is 5. The number of aromatic amines is 1. The maximum atomic E-state index is 15.0. The number of amides is 1. The first-order chi connectivity index (χ1) is 15.8. The number of carbonyl (C=O) groups excluding carboxylic acids is 2. The third-order valence-corrected chi connectivity index (χ3v) is 7.69. The zero-order valence-electron chi connectivity index (χ0n) is 17.4. The molecule has 14 heteroatoms. The molecule has 1 aliphatic rings. The number of hydrogen-bond acceptors (Lipinski definition) is 9. The highest BCUT2D eigenvalue weighted by molar-refractivity contribution is 7.18. The van der Waals surface area contributed by atoms with Crippen LogP contribution in [0.1, 0.15) is 22.6 Å². The van der Waals surface area contributed by atoms with Gasteiger partial charge in [0, 0.05) is 23.8 Å². The van der Waals surface area contributed by atoms with Crippen molar-refractivity contribution in [3.8, 4) is 15.8 Å². The van der Waals surface area contributed by atoms with Crippen LogP contribution in [-0.4, -0.2) is 59.4 Å². The van der Waals surface area contributed by atoms with Crippen LogP contribution in [-0.2, 0) is 4.74 Å². The van der Waals surface area contributed by atoms with Gasteiger partial charge in [-0.3, -0.25) is 4.79 Å². The zero-order valence-corrected chi connectivity index (χ0v) is 20.5. The van der Waals surface area contributed by atoms with Crippen molar-refractivity contribution in [1.82, 2.24) is 20.3 Å². The molecular weight excluding hydrogens is 516 g/mol. The predicted octanol–water partition coefficient (Wildman–Crippen LogP) is 4.70. The van der Waals surface area contributed by atoms with E-state index in [1.807, 2.05) is 0 Å². The second-order valence-corrected chi connectivity index (χ2v) is 9.70. The van der Waals surface area contributed by atoms with E-state index in [1.54, 1.807) is 23.4 Å². The van der Waals surface area contributed by atoms with E-state index in [0.29, 0.717) is 34.5 Å². The van der Waals surface area contributed by atoms with Gasteiger partial charge in [-0.05, 0) is 13.3 Å². The van der Waals surface area contributed by atoms with E-state index in [9.17, 15) is 9.59 Å². The van der Waals surface area contributed by atoms with Crippen molar-refractivity contribution in [1.29, 1.82) is 0 Å². The number of anilines is 1. The third-order valence-electron chi connectivity index (χ3n) is 4.97. The molecular formula is C19H18Cl2FN5O4S2. The second-order valence-electron chi connectivity index (χ2n) is 7.11. The van der Waals surface area contributed by atoms with Gasteiger partial charge in [0.25, 0.3) is 5.91 Å². The van der Waals surface area contributed by atoms with E-state index >= 15 is 4.39 Å². The summed E-state index contributed by atoms with van der Waals surface area (Å²) in [7, 11) is 1.20. The summed E-state index contributed by atoms with van der Waals surface area (Å²) >= 11 is 14.5. The van der Waals surface area contributed by atoms with Crippen LogP contribution >= 0.6 is 45.9 Å². The zero-order chi connectivity index (χ0) is 23.7. The number of aryl methyl sites for hydroxylation is 1. The molecule has 1 amide bonds. The van der Waals surface area contributed by atoms with Gasteiger partial charge in [-0.25, -0.2) is 19.2 Å². The maximum Gasteiger partial charge on any atom is 0.514 e. The Labute approximate surface area is 205 Å². The molecule has 0 spiro atoms. The van der Waals surface area contributed by atoms with E-state index in [-0.39, 0.29) is 27.3 Å². The SMILES string of the molecule is COC(=O)Oc1sc(N2CC[C@@H](NC(=O)c3[nH]c(C)c(Cl)c3Cl)[C@@H](F)C2)nc1-c1nccs1. The molecule has 4 rings (SSSR count). The van der Waals surface area contributed by atoms with Crippen molar-refractivity contribution in [2.75, 3.05) is 25.1 Å². The highest BCUT2D eigenvalue weighted by Crippen LogP contribution is 2.41. The first-order valence-electron chi connectivity index (χ1n) is 9.68.